The zero-order valence-electron chi connectivity index (χ0n) is 10.4. The summed E-state index contributed by atoms with van der Waals surface area (Å²) in [5.41, 5.74) is 3.15. The second-order valence-electron chi connectivity index (χ2n) is 6.05. The monoisotopic (exact) mass is 220 g/mol. The summed E-state index contributed by atoms with van der Waals surface area (Å²) < 4.78 is 0. The van der Waals surface area contributed by atoms with Gasteiger partial charge in [0.05, 0.1) is 6.61 Å². The molecule has 3 aliphatic carbocycles. The predicted octanol–water partition coefficient (Wildman–Crippen LogP) is 3.53. The van der Waals surface area contributed by atoms with E-state index < -0.39 is 0 Å². The largest absolute Gasteiger partial charge is 0.392 e. The van der Waals surface area contributed by atoms with E-state index in [-0.39, 0.29) is 0 Å². The van der Waals surface area contributed by atoms with Gasteiger partial charge in [-0.1, -0.05) is 25.3 Å². The van der Waals surface area contributed by atoms with Gasteiger partial charge in [0.1, 0.15) is 0 Å². The predicted molar refractivity (Wildman–Crippen MR) is 66.1 cm³/mol. The van der Waals surface area contributed by atoms with Gasteiger partial charge in [-0.25, -0.2) is 0 Å². The molecule has 16 heavy (non-hydrogen) atoms. The number of hydrogen-bond acceptors (Lipinski definition) is 1. The first-order valence-electron chi connectivity index (χ1n) is 7.19. The molecule has 4 unspecified atom stereocenters. The highest BCUT2D eigenvalue weighted by Crippen LogP contribution is 2.64. The van der Waals surface area contributed by atoms with Gasteiger partial charge in [-0.15, -0.1) is 0 Å². The molecule has 3 rings (SSSR count). The number of aliphatic hydroxyl groups is 1. The van der Waals surface area contributed by atoms with Gasteiger partial charge in [0.25, 0.3) is 0 Å². The zero-order chi connectivity index (χ0) is 11.1. The van der Waals surface area contributed by atoms with Crippen molar-refractivity contribution < 1.29 is 5.11 Å². The minimum Gasteiger partial charge on any atom is -0.392 e. The number of unbranched alkanes of at least 4 members (excludes halogenated alkanes) is 2. The summed E-state index contributed by atoms with van der Waals surface area (Å²) in [5, 5.41) is 9.53. The maximum atomic E-state index is 9.53. The molecule has 3 aliphatic rings. The van der Waals surface area contributed by atoms with E-state index in [2.05, 4.69) is 6.92 Å². The van der Waals surface area contributed by atoms with E-state index in [0.29, 0.717) is 6.61 Å². The van der Waals surface area contributed by atoms with E-state index >= 15 is 0 Å². The van der Waals surface area contributed by atoms with Crippen molar-refractivity contribution in [2.45, 2.75) is 51.9 Å². The molecule has 0 heterocycles. The van der Waals surface area contributed by atoms with Crippen LogP contribution in [0.25, 0.3) is 0 Å². The van der Waals surface area contributed by atoms with Crippen LogP contribution < -0.4 is 0 Å². The summed E-state index contributed by atoms with van der Waals surface area (Å²) >= 11 is 0. The molecule has 1 N–H and O–H groups in total. The second kappa shape index (κ2) is 4.18. The minimum atomic E-state index is 0.353. The molecule has 1 heteroatoms. The number of hydrogen-bond donors (Lipinski definition) is 1. The van der Waals surface area contributed by atoms with Crippen molar-refractivity contribution in [1.29, 1.82) is 0 Å². The summed E-state index contributed by atoms with van der Waals surface area (Å²) in [7, 11) is 0. The minimum absolute atomic E-state index is 0.353. The maximum absolute atomic E-state index is 9.53. The van der Waals surface area contributed by atoms with Gasteiger partial charge in [-0.2, -0.15) is 0 Å². The van der Waals surface area contributed by atoms with Crippen molar-refractivity contribution >= 4 is 0 Å². The van der Waals surface area contributed by atoms with Gasteiger partial charge < -0.3 is 5.11 Å². The molecule has 2 bridgehead atoms. The molecule has 2 saturated carbocycles. The molecule has 2 fully saturated rings. The molecule has 0 radical (unpaired) electrons. The number of aliphatic hydroxyl groups excluding tert-OH is 1. The first kappa shape index (κ1) is 10.8. The number of fused-ring (bicyclic) bond motifs is 5. The van der Waals surface area contributed by atoms with Crippen molar-refractivity contribution in [2.24, 2.45) is 23.7 Å². The summed E-state index contributed by atoms with van der Waals surface area (Å²) in [6, 6.07) is 0. The van der Waals surface area contributed by atoms with E-state index in [4.69, 9.17) is 0 Å². The summed E-state index contributed by atoms with van der Waals surface area (Å²) in [6.45, 7) is 2.62. The molecule has 0 aromatic rings. The SMILES string of the molecule is CCCCCC1=C(CO)C2C3CCC(C3)C12. The van der Waals surface area contributed by atoms with Crippen LogP contribution in [0.3, 0.4) is 0 Å². The molecule has 0 saturated heterocycles. The first-order chi connectivity index (χ1) is 7.86. The quantitative estimate of drug-likeness (QED) is 0.555. The lowest BCUT2D eigenvalue weighted by Crippen LogP contribution is -2.37. The van der Waals surface area contributed by atoms with E-state index in [0.717, 1.165) is 23.7 Å². The standard InChI is InChI=1S/C15H24O/c1-2-3-4-5-12-13(9-16)15-11-7-6-10(8-11)14(12)15/h10-11,14-16H,2-9H2,1H3. The third-order valence-electron chi connectivity index (χ3n) is 5.35. The highest BCUT2D eigenvalue weighted by molar-refractivity contribution is 5.38. The molecule has 0 aliphatic heterocycles. The average molecular weight is 220 g/mol. The zero-order valence-corrected chi connectivity index (χ0v) is 10.4. The van der Waals surface area contributed by atoms with Gasteiger partial charge >= 0.3 is 0 Å². The van der Waals surface area contributed by atoms with Crippen LogP contribution >= 0.6 is 0 Å². The van der Waals surface area contributed by atoms with E-state index in [1.165, 1.54) is 50.5 Å². The fraction of sp³-hybridized carbons (Fsp3) is 0.867. The molecule has 1 nitrogen and oxygen atoms in total. The van der Waals surface area contributed by atoms with Crippen LogP contribution in [0.4, 0.5) is 0 Å². The summed E-state index contributed by atoms with van der Waals surface area (Å²) in [6.07, 6.45) is 9.68. The Balaban J connectivity index is 1.71. The Kier molecular flexibility index (Phi) is 2.83. The van der Waals surface area contributed by atoms with Crippen molar-refractivity contribution in [1.82, 2.24) is 0 Å². The Labute approximate surface area is 98.9 Å². The molecule has 4 atom stereocenters. The van der Waals surface area contributed by atoms with Gasteiger partial charge in [0.15, 0.2) is 0 Å². The Morgan fingerprint density at radius 2 is 1.75 bits per heavy atom. The van der Waals surface area contributed by atoms with Crippen molar-refractivity contribution in [3.63, 3.8) is 0 Å². The molecule has 0 aromatic carbocycles. The Morgan fingerprint density at radius 3 is 2.38 bits per heavy atom. The highest BCUT2D eigenvalue weighted by atomic mass is 16.3. The van der Waals surface area contributed by atoms with E-state index in [1.807, 2.05) is 0 Å². The van der Waals surface area contributed by atoms with E-state index in [9.17, 15) is 5.11 Å². The molecular weight excluding hydrogens is 196 g/mol. The Morgan fingerprint density at radius 1 is 1.06 bits per heavy atom. The summed E-state index contributed by atoms with van der Waals surface area (Å²) in [5.74, 6) is 3.69. The van der Waals surface area contributed by atoms with Crippen LogP contribution in [0, 0.1) is 23.7 Å². The third kappa shape index (κ3) is 1.40. The lowest BCUT2D eigenvalue weighted by molar-refractivity contribution is 0.196. The van der Waals surface area contributed by atoms with Gasteiger partial charge in [0.2, 0.25) is 0 Å². The Hall–Kier alpha value is -0.300. The van der Waals surface area contributed by atoms with Crippen molar-refractivity contribution in [2.75, 3.05) is 6.61 Å². The van der Waals surface area contributed by atoms with Crippen LogP contribution in [-0.4, -0.2) is 11.7 Å². The fourth-order valence-corrected chi connectivity index (χ4v) is 4.73. The summed E-state index contributed by atoms with van der Waals surface area (Å²) in [4.78, 5) is 0. The lowest BCUT2D eigenvalue weighted by atomic mass is 9.60. The molecule has 0 aromatic heterocycles. The normalized spacial score (nSPS) is 40.1. The van der Waals surface area contributed by atoms with Crippen molar-refractivity contribution in [3.05, 3.63) is 11.1 Å². The topological polar surface area (TPSA) is 20.2 Å². The fourth-order valence-electron chi connectivity index (χ4n) is 4.73. The lowest BCUT2D eigenvalue weighted by Gasteiger charge is -2.45. The van der Waals surface area contributed by atoms with Crippen molar-refractivity contribution in [3.8, 4) is 0 Å². The van der Waals surface area contributed by atoms with Gasteiger partial charge in [-0.3, -0.25) is 0 Å². The number of rotatable bonds is 5. The van der Waals surface area contributed by atoms with Crippen LogP contribution in [0.5, 0.6) is 0 Å². The average Bonchev–Trinajstić information content (AvgIpc) is 2.82. The molecule has 0 spiro atoms. The maximum Gasteiger partial charge on any atom is 0.0647 e. The molecular formula is C15H24O. The van der Waals surface area contributed by atoms with Crippen LogP contribution in [0.1, 0.15) is 51.9 Å². The first-order valence-corrected chi connectivity index (χ1v) is 7.19. The van der Waals surface area contributed by atoms with Crippen LogP contribution in [0.2, 0.25) is 0 Å². The Bertz CT molecular complexity index is 305. The molecule has 0 amide bonds. The van der Waals surface area contributed by atoms with Crippen LogP contribution in [0.15, 0.2) is 11.1 Å². The van der Waals surface area contributed by atoms with Gasteiger partial charge in [0, 0.05) is 0 Å². The molecule has 90 valence electrons. The van der Waals surface area contributed by atoms with Gasteiger partial charge in [-0.05, 0) is 61.3 Å². The highest BCUT2D eigenvalue weighted by Gasteiger charge is 2.55. The smallest absolute Gasteiger partial charge is 0.0647 e. The second-order valence-corrected chi connectivity index (χ2v) is 6.05. The van der Waals surface area contributed by atoms with Crippen LogP contribution in [-0.2, 0) is 0 Å². The third-order valence-corrected chi connectivity index (χ3v) is 5.35. The van der Waals surface area contributed by atoms with E-state index in [1.54, 1.807) is 5.57 Å². The number of allylic oxidation sites excluding steroid dienone is 1.